The number of rotatable bonds is 2. The predicted octanol–water partition coefficient (Wildman–Crippen LogP) is 2.61. The first-order chi connectivity index (χ1) is 9.05. The smallest absolute Gasteiger partial charge is 0.165 e. The van der Waals surface area contributed by atoms with Crippen molar-refractivity contribution >= 4 is 0 Å². The molecule has 0 saturated heterocycles. The molecule has 1 aromatic carbocycles. The lowest BCUT2D eigenvalue weighted by molar-refractivity contribution is 0.383. The van der Waals surface area contributed by atoms with E-state index < -0.39 is 11.6 Å². The van der Waals surface area contributed by atoms with Gasteiger partial charge in [0.2, 0.25) is 0 Å². The summed E-state index contributed by atoms with van der Waals surface area (Å²) in [5, 5.41) is 8.81. The van der Waals surface area contributed by atoms with Crippen LogP contribution in [0.4, 0.5) is 8.78 Å². The summed E-state index contributed by atoms with van der Waals surface area (Å²) >= 11 is 0. The van der Waals surface area contributed by atoms with Crippen LogP contribution in [0.15, 0.2) is 18.2 Å². The molecule has 6 heteroatoms. The molecule has 0 fully saturated rings. The molecule has 0 unspecified atom stereocenters. The second kappa shape index (κ2) is 4.98. The van der Waals surface area contributed by atoms with Gasteiger partial charge in [-0.1, -0.05) is 0 Å². The van der Waals surface area contributed by atoms with Gasteiger partial charge in [-0.15, -0.1) is 0 Å². The lowest BCUT2D eigenvalue weighted by atomic mass is 10.1. The van der Waals surface area contributed by atoms with Crippen LogP contribution in [0, 0.1) is 29.9 Å². The third-order valence-electron chi connectivity index (χ3n) is 2.47. The molecule has 2 rings (SSSR count). The van der Waals surface area contributed by atoms with Crippen molar-refractivity contribution in [3.63, 3.8) is 0 Å². The molecule has 2 aromatic rings. The summed E-state index contributed by atoms with van der Waals surface area (Å²) in [7, 11) is 1.25. The minimum absolute atomic E-state index is 0.0414. The van der Waals surface area contributed by atoms with Crippen LogP contribution in [0.1, 0.15) is 11.5 Å². The average molecular weight is 261 g/mol. The van der Waals surface area contributed by atoms with E-state index in [2.05, 4.69) is 14.7 Å². The molecule has 19 heavy (non-hydrogen) atoms. The highest BCUT2D eigenvalue weighted by atomic mass is 19.1. The van der Waals surface area contributed by atoms with Crippen molar-refractivity contribution in [1.82, 2.24) is 9.97 Å². The van der Waals surface area contributed by atoms with Crippen LogP contribution < -0.4 is 4.74 Å². The van der Waals surface area contributed by atoms with Gasteiger partial charge in [-0.05, 0) is 13.0 Å². The maximum absolute atomic E-state index is 13.9. The molecule has 0 N–H and O–H groups in total. The summed E-state index contributed by atoms with van der Waals surface area (Å²) in [6.07, 6.45) is 0. The van der Waals surface area contributed by atoms with Crippen molar-refractivity contribution in [3.05, 3.63) is 41.4 Å². The fourth-order valence-corrected chi connectivity index (χ4v) is 1.64. The molecule has 0 aliphatic carbocycles. The summed E-state index contributed by atoms with van der Waals surface area (Å²) in [4.78, 5) is 7.85. The van der Waals surface area contributed by atoms with Crippen LogP contribution in [-0.4, -0.2) is 17.1 Å². The quantitative estimate of drug-likeness (QED) is 0.833. The van der Waals surface area contributed by atoms with E-state index in [-0.39, 0.29) is 22.7 Å². The highest BCUT2D eigenvalue weighted by molar-refractivity contribution is 5.62. The van der Waals surface area contributed by atoms with Crippen LogP contribution in [0.5, 0.6) is 5.75 Å². The molecule has 0 amide bonds. The van der Waals surface area contributed by atoms with E-state index in [9.17, 15) is 8.78 Å². The Balaban J connectivity index is 2.62. The van der Waals surface area contributed by atoms with Gasteiger partial charge in [0, 0.05) is 17.7 Å². The van der Waals surface area contributed by atoms with Crippen LogP contribution in [-0.2, 0) is 0 Å². The molecule has 0 atom stereocenters. The first-order valence-electron chi connectivity index (χ1n) is 5.34. The van der Waals surface area contributed by atoms with Gasteiger partial charge in [0.15, 0.2) is 11.6 Å². The topological polar surface area (TPSA) is 58.8 Å². The molecule has 0 bridgehead atoms. The fraction of sp³-hybridized carbons (Fsp3) is 0.154. The van der Waals surface area contributed by atoms with E-state index in [0.29, 0.717) is 5.82 Å². The lowest BCUT2D eigenvalue weighted by Crippen LogP contribution is -1.98. The van der Waals surface area contributed by atoms with Crippen molar-refractivity contribution in [2.45, 2.75) is 6.92 Å². The Hall–Kier alpha value is -2.55. The minimum atomic E-state index is -0.700. The Bertz CT molecular complexity index is 680. The molecule has 0 aliphatic rings. The number of benzene rings is 1. The van der Waals surface area contributed by atoms with Crippen LogP contribution >= 0.6 is 0 Å². The highest BCUT2D eigenvalue weighted by Crippen LogP contribution is 2.28. The van der Waals surface area contributed by atoms with Crippen molar-refractivity contribution in [1.29, 1.82) is 5.26 Å². The maximum atomic E-state index is 13.9. The van der Waals surface area contributed by atoms with E-state index in [4.69, 9.17) is 5.26 Å². The molecule has 0 aliphatic heterocycles. The number of hydrogen-bond donors (Lipinski definition) is 0. The Kier molecular flexibility index (Phi) is 3.38. The molecular formula is C13H9F2N3O. The third kappa shape index (κ3) is 2.50. The molecule has 4 nitrogen and oxygen atoms in total. The van der Waals surface area contributed by atoms with E-state index in [0.717, 1.165) is 12.1 Å². The van der Waals surface area contributed by atoms with Crippen molar-refractivity contribution in [2.75, 3.05) is 7.11 Å². The lowest BCUT2D eigenvalue weighted by Gasteiger charge is -2.07. The molecule has 96 valence electrons. The van der Waals surface area contributed by atoms with E-state index in [1.807, 2.05) is 6.07 Å². The van der Waals surface area contributed by atoms with Crippen molar-refractivity contribution in [3.8, 4) is 23.1 Å². The number of ether oxygens (including phenoxy) is 1. The van der Waals surface area contributed by atoms with Crippen LogP contribution in [0.3, 0.4) is 0 Å². The first-order valence-corrected chi connectivity index (χ1v) is 5.34. The van der Waals surface area contributed by atoms with E-state index in [1.165, 1.54) is 13.2 Å². The Labute approximate surface area is 108 Å². The summed E-state index contributed by atoms with van der Waals surface area (Å²) in [6.45, 7) is 1.57. The van der Waals surface area contributed by atoms with Gasteiger partial charge in [-0.3, -0.25) is 0 Å². The number of methoxy groups -OCH3 is 1. The second-order valence-electron chi connectivity index (χ2n) is 3.76. The normalized spacial score (nSPS) is 10.1. The zero-order chi connectivity index (χ0) is 14.0. The largest absolute Gasteiger partial charge is 0.494 e. The van der Waals surface area contributed by atoms with Crippen molar-refractivity contribution < 1.29 is 13.5 Å². The second-order valence-corrected chi connectivity index (χ2v) is 3.76. The monoisotopic (exact) mass is 261 g/mol. The zero-order valence-electron chi connectivity index (χ0n) is 10.2. The summed E-state index contributed by atoms with van der Waals surface area (Å²) in [6, 6.07) is 5.07. The van der Waals surface area contributed by atoms with E-state index in [1.54, 1.807) is 6.92 Å². The zero-order valence-corrected chi connectivity index (χ0v) is 10.2. The number of hydrogen-bond acceptors (Lipinski definition) is 4. The molecule has 1 heterocycles. The van der Waals surface area contributed by atoms with E-state index >= 15 is 0 Å². The number of halogens is 2. The summed E-state index contributed by atoms with van der Waals surface area (Å²) in [5.74, 6) is -1.26. The SMILES string of the molecule is COc1cc(F)c(-c2cc(C#N)nc(C)n2)cc1F. The van der Waals surface area contributed by atoms with Gasteiger partial charge in [-0.2, -0.15) is 5.26 Å². The number of nitriles is 1. The number of aromatic nitrogens is 2. The van der Waals surface area contributed by atoms with Gasteiger partial charge in [0.1, 0.15) is 23.4 Å². The van der Waals surface area contributed by atoms with Gasteiger partial charge in [0.25, 0.3) is 0 Å². The van der Waals surface area contributed by atoms with Crippen LogP contribution in [0.2, 0.25) is 0 Å². The Morgan fingerprint density at radius 2 is 1.89 bits per heavy atom. The molecule has 0 spiro atoms. The predicted molar refractivity (Wildman–Crippen MR) is 63.4 cm³/mol. The number of nitrogens with zero attached hydrogens (tertiary/aromatic N) is 3. The average Bonchev–Trinajstić information content (AvgIpc) is 2.40. The minimum Gasteiger partial charge on any atom is -0.494 e. The molecule has 0 radical (unpaired) electrons. The van der Waals surface area contributed by atoms with Crippen LogP contribution in [0.25, 0.3) is 11.3 Å². The van der Waals surface area contributed by atoms with Gasteiger partial charge in [-0.25, -0.2) is 18.7 Å². The summed E-state index contributed by atoms with van der Waals surface area (Å²) < 4.78 is 32.2. The molecule has 0 saturated carbocycles. The standard InChI is InChI=1S/C13H9F2N3O/c1-7-17-8(6-16)3-12(18-7)9-4-11(15)13(19-2)5-10(9)14/h3-5H,1-2H3. The molecular weight excluding hydrogens is 252 g/mol. The Morgan fingerprint density at radius 1 is 1.16 bits per heavy atom. The molecule has 1 aromatic heterocycles. The first kappa shape index (κ1) is 12.9. The maximum Gasteiger partial charge on any atom is 0.165 e. The van der Waals surface area contributed by atoms with Gasteiger partial charge in [0.05, 0.1) is 12.8 Å². The highest BCUT2D eigenvalue weighted by Gasteiger charge is 2.14. The van der Waals surface area contributed by atoms with Crippen molar-refractivity contribution in [2.24, 2.45) is 0 Å². The van der Waals surface area contributed by atoms with Gasteiger partial charge < -0.3 is 4.74 Å². The third-order valence-corrected chi connectivity index (χ3v) is 2.47. The van der Waals surface area contributed by atoms with Gasteiger partial charge >= 0.3 is 0 Å². The fourth-order valence-electron chi connectivity index (χ4n) is 1.64. The number of aryl methyl sites for hydroxylation is 1. The Morgan fingerprint density at radius 3 is 2.53 bits per heavy atom. The summed E-state index contributed by atoms with van der Waals surface area (Å²) in [5.41, 5.74) is 0.210.